The monoisotopic (exact) mass is 224 g/mol. The number of carbonyl (C=O) groups is 1. The molecule has 0 spiro atoms. The second-order valence-corrected chi connectivity index (χ2v) is 5.93. The summed E-state index contributed by atoms with van der Waals surface area (Å²) < 4.78 is 0. The summed E-state index contributed by atoms with van der Waals surface area (Å²) in [6.07, 6.45) is 3.40. The lowest BCUT2D eigenvalue weighted by molar-refractivity contribution is -0.136. The van der Waals surface area contributed by atoms with Crippen molar-refractivity contribution in [1.82, 2.24) is 0 Å². The molecule has 3 nitrogen and oxygen atoms in total. The van der Waals surface area contributed by atoms with Crippen molar-refractivity contribution in [1.29, 1.82) is 0 Å². The molecule has 0 radical (unpaired) electrons. The summed E-state index contributed by atoms with van der Waals surface area (Å²) in [7, 11) is 0. The summed E-state index contributed by atoms with van der Waals surface area (Å²) >= 11 is 0. The van der Waals surface area contributed by atoms with Gasteiger partial charge in [0, 0.05) is 5.41 Å². The average Bonchev–Trinajstić information content (AvgIpc) is 2.47. The van der Waals surface area contributed by atoms with Crippen LogP contribution >= 0.6 is 0 Å². The third-order valence-corrected chi connectivity index (χ3v) is 5.13. The standard InChI is InChI=1S/C13H20O3/c1-12(2)9-6-7-13(12,3)11(16)8(9)4-5-10(14)15/h4,9,11,16H,5-7H2,1-3H3,(H,14,15)/t9-,11+,13+/m0/s1. The zero-order valence-corrected chi connectivity index (χ0v) is 10.2. The number of aliphatic hydroxyl groups excluding tert-OH is 1. The van der Waals surface area contributed by atoms with E-state index >= 15 is 0 Å². The Balaban J connectivity index is 2.33. The Morgan fingerprint density at radius 3 is 2.56 bits per heavy atom. The van der Waals surface area contributed by atoms with Crippen molar-refractivity contribution in [3.63, 3.8) is 0 Å². The highest BCUT2D eigenvalue weighted by Gasteiger charge is 2.63. The van der Waals surface area contributed by atoms with Crippen molar-refractivity contribution in [2.75, 3.05) is 0 Å². The molecule has 90 valence electrons. The normalized spacial score (nSPS) is 42.9. The van der Waals surface area contributed by atoms with Gasteiger partial charge >= 0.3 is 5.97 Å². The molecule has 2 fully saturated rings. The third-order valence-electron chi connectivity index (χ3n) is 5.13. The van der Waals surface area contributed by atoms with Crippen LogP contribution in [-0.4, -0.2) is 22.3 Å². The van der Waals surface area contributed by atoms with Crippen molar-refractivity contribution in [3.05, 3.63) is 11.6 Å². The Labute approximate surface area is 96.2 Å². The fourth-order valence-electron chi connectivity index (χ4n) is 3.62. The quantitative estimate of drug-likeness (QED) is 0.707. The van der Waals surface area contributed by atoms with Crippen LogP contribution in [0.1, 0.15) is 40.0 Å². The molecule has 2 aliphatic carbocycles. The minimum Gasteiger partial charge on any atom is -0.481 e. The number of hydrogen-bond acceptors (Lipinski definition) is 2. The molecule has 2 saturated carbocycles. The summed E-state index contributed by atoms with van der Waals surface area (Å²) in [6.45, 7) is 6.50. The molecule has 2 rings (SSSR count). The molecule has 0 aromatic rings. The SMILES string of the molecule is CC1(C)[C@H]2CC[C@]1(C)[C@H](O)C2=CCC(=O)O. The van der Waals surface area contributed by atoms with Crippen LogP contribution < -0.4 is 0 Å². The van der Waals surface area contributed by atoms with Crippen molar-refractivity contribution < 1.29 is 15.0 Å². The van der Waals surface area contributed by atoms with E-state index in [1.54, 1.807) is 6.08 Å². The third kappa shape index (κ3) is 1.27. The van der Waals surface area contributed by atoms with E-state index in [2.05, 4.69) is 20.8 Å². The lowest BCUT2D eigenvalue weighted by Gasteiger charge is -2.36. The van der Waals surface area contributed by atoms with Crippen LogP contribution in [-0.2, 0) is 4.79 Å². The number of fused-ring (bicyclic) bond motifs is 2. The zero-order chi connectivity index (χ0) is 12.1. The second kappa shape index (κ2) is 3.33. The summed E-state index contributed by atoms with van der Waals surface area (Å²) in [5, 5.41) is 19.0. The van der Waals surface area contributed by atoms with E-state index in [1.165, 1.54) is 0 Å². The first-order valence-corrected chi connectivity index (χ1v) is 5.90. The summed E-state index contributed by atoms with van der Waals surface area (Å²) in [5.41, 5.74) is 0.958. The molecule has 2 N–H and O–H groups in total. The van der Waals surface area contributed by atoms with Crippen molar-refractivity contribution >= 4 is 5.97 Å². The molecule has 0 aliphatic heterocycles. The van der Waals surface area contributed by atoms with Gasteiger partial charge < -0.3 is 10.2 Å². The van der Waals surface area contributed by atoms with E-state index in [-0.39, 0.29) is 17.3 Å². The highest BCUT2D eigenvalue weighted by Crippen LogP contribution is 2.67. The van der Waals surface area contributed by atoms with E-state index in [9.17, 15) is 9.90 Å². The number of carboxylic acid groups (broad SMARTS) is 1. The highest BCUT2D eigenvalue weighted by molar-refractivity contribution is 5.69. The van der Waals surface area contributed by atoms with E-state index in [0.717, 1.165) is 18.4 Å². The van der Waals surface area contributed by atoms with Crippen LogP contribution in [0.5, 0.6) is 0 Å². The first kappa shape index (κ1) is 11.6. The van der Waals surface area contributed by atoms with Gasteiger partial charge in [-0.15, -0.1) is 0 Å². The number of aliphatic carboxylic acids is 1. The fourth-order valence-corrected chi connectivity index (χ4v) is 3.62. The molecule has 3 atom stereocenters. The summed E-state index contributed by atoms with van der Waals surface area (Å²) in [4.78, 5) is 10.6. The first-order chi connectivity index (χ1) is 7.30. The topological polar surface area (TPSA) is 57.5 Å². The molecule has 0 saturated heterocycles. The molecule has 3 heteroatoms. The molecule has 0 amide bonds. The molecular formula is C13H20O3. The Hall–Kier alpha value is -0.830. The predicted octanol–water partition coefficient (Wildman–Crippen LogP) is 2.20. The van der Waals surface area contributed by atoms with Gasteiger partial charge in [-0.2, -0.15) is 0 Å². The number of rotatable bonds is 2. The van der Waals surface area contributed by atoms with E-state index in [4.69, 9.17) is 5.11 Å². The van der Waals surface area contributed by atoms with Gasteiger partial charge in [0.05, 0.1) is 12.5 Å². The zero-order valence-electron chi connectivity index (χ0n) is 10.2. The van der Waals surface area contributed by atoms with E-state index < -0.39 is 12.1 Å². The lowest BCUT2D eigenvalue weighted by Crippen LogP contribution is -2.35. The number of aliphatic hydroxyl groups is 1. The minimum atomic E-state index is -0.828. The Morgan fingerprint density at radius 2 is 2.12 bits per heavy atom. The molecule has 16 heavy (non-hydrogen) atoms. The van der Waals surface area contributed by atoms with Crippen LogP contribution in [0, 0.1) is 16.7 Å². The molecule has 0 unspecified atom stereocenters. The van der Waals surface area contributed by atoms with Crippen molar-refractivity contribution in [3.8, 4) is 0 Å². The molecule has 2 aliphatic rings. The van der Waals surface area contributed by atoms with Gasteiger partial charge in [-0.25, -0.2) is 0 Å². The molecular weight excluding hydrogens is 204 g/mol. The maximum absolute atomic E-state index is 10.6. The second-order valence-electron chi connectivity index (χ2n) is 5.93. The minimum absolute atomic E-state index is 0.0229. The highest BCUT2D eigenvalue weighted by atomic mass is 16.4. The maximum atomic E-state index is 10.6. The van der Waals surface area contributed by atoms with Crippen LogP contribution in [0.25, 0.3) is 0 Å². The first-order valence-electron chi connectivity index (χ1n) is 5.90. The summed E-state index contributed by atoms with van der Waals surface area (Å²) in [6, 6.07) is 0. The van der Waals surface area contributed by atoms with Gasteiger partial charge in [0.15, 0.2) is 0 Å². The molecule has 2 bridgehead atoms. The van der Waals surface area contributed by atoms with Crippen LogP contribution in [0.3, 0.4) is 0 Å². The van der Waals surface area contributed by atoms with Gasteiger partial charge in [-0.3, -0.25) is 4.79 Å². The fraction of sp³-hybridized carbons (Fsp3) is 0.769. The smallest absolute Gasteiger partial charge is 0.307 e. The molecule has 0 aromatic heterocycles. The summed E-state index contributed by atoms with van der Waals surface area (Å²) in [5.74, 6) is -0.475. The van der Waals surface area contributed by atoms with E-state index in [0.29, 0.717) is 5.92 Å². The van der Waals surface area contributed by atoms with Crippen LogP contribution in [0.4, 0.5) is 0 Å². The van der Waals surface area contributed by atoms with Gasteiger partial charge in [0.1, 0.15) is 0 Å². The van der Waals surface area contributed by atoms with Gasteiger partial charge in [-0.05, 0) is 29.7 Å². The Kier molecular flexibility index (Phi) is 2.42. The molecule has 0 heterocycles. The number of hydrogen-bond donors (Lipinski definition) is 2. The van der Waals surface area contributed by atoms with Crippen LogP contribution in [0.15, 0.2) is 11.6 Å². The predicted molar refractivity (Wildman–Crippen MR) is 61.0 cm³/mol. The Morgan fingerprint density at radius 1 is 1.50 bits per heavy atom. The van der Waals surface area contributed by atoms with Gasteiger partial charge in [0.2, 0.25) is 0 Å². The van der Waals surface area contributed by atoms with Gasteiger partial charge in [-0.1, -0.05) is 26.8 Å². The average molecular weight is 224 g/mol. The molecule has 0 aromatic carbocycles. The number of carboxylic acids is 1. The van der Waals surface area contributed by atoms with Crippen LogP contribution in [0.2, 0.25) is 0 Å². The largest absolute Gasteiger partial charge is 0.481 e. The lowest BCUT2D eigenvalue weighted by atomic mass is 9.70. The van der Waals surface area contributed by atoms with Gasteiger partial charge in [0.25, 0.3) is 0 Å². The maximum Gasteiger partial charge on any atom is 0.307 e. The van der Waals surface area contributed by atoms with Crippen molar-refractivity contribution in [2.24, 2.45) is 16.7 Å². The van der Waals surface area contributed by atoms with E-state index in [1.807, 2.05) is 0 Å². The van der Waals surface area contributed by atoms with Crippen molar-refractivity contribution in [2.45, 2.75) is 46.1 Å². The Bertz CT molecular complexity index is 356.